The van der Waals surface area contributed by atoms with Gasteiger partial charge in [-0.05, 0) is 31.9 Å². The zero-order valence-electron chi connectivity index (χ0n) is 14.6. The van der Waals surface area contributed by atoms with Gasteiger partial charge in [-0.2, -0.15) is 0 Å². The number of anilines is 1. The van der Waals surface area contributed by atoms with Gasteiger partial charge in [-0.1, -0.05) is 12.1 Å². The Morgan fingerprint density at radius 1 is 0.960 bits per heavy atom. The van der Waals surface area contributed by atoms with Gasteiger partial charge in [-0.3, -0.25) is 4.90 Å². The second-order valence-corrected chi connectivity index (χ2v) is 9.33. The third-order valence-electron chi connectivity index (χ3n) is 5.38. The van der Waals surface area contributed by atoms with Crippen LogP contribution in [-0.2, 0) is 9.84 Å². The number of aryl methyl sites for hydroxylation is 1. The Balaban J connectivity index is 1.44. The summed E-state index contributed by atoms with van der Waals surface area (Å²) < 4.78 is 23.2. The van der Waals surface area contributed by atoms with E-state index in [0.29, 0.717) is 30.6 Å². The Hall–Kier alpha value is -1.73. The second kappa shape index (κ2) is 6.53. The highest BCUT2D eigenvalue weighted by Crippen LogP contribution is 2.25. The first-order chi connectivity index (χ1) is 12.0. The number of aromatic nitrogens is 2. The lowest BCUT2D eigenvalue weighted by Crippen LogP contribution is -2.50. The number of piperidine rings is 1. The average Bonchev–Trinajstić information content (AvgIpc) is 2.61. The van der Waals surface area contributed by atoms with Gasteiger partial charge in [0, 0.05) is 32.2 Å². The summed E-state index contributed by atoms with van der Waals surface area (Å²) in [4.78, 5) is 14.2. The van der Waals surface area contributed by atoms with Crippen molar-refractivity contribution in [3.05, 3.63) is 30.0 Å². The fraction of sp³-hybridized carbons (Fsp3) is 0.556. The number of para-hydroxylation sites is 2. The lowest BCUT2D eigenvalue weighted by Gasteiger charge is -2.40. The molecule has 134 valence electrons. The first-order valence-electron chi connectivity index (χ1n) is 8.95. The van der Waals surface area contributed by atoms with E-state index in [0.717, 1.165) is 48.5 Å². The first-order valence-corrected chi connectivity index (χ1v) is 10.8. The smallest absolute Gasteiger partial charge is 0.152 e. The minimum absolute atomic E-state index is 0.308. The number of rotatable bonds is 2. The lowest BCUT2D eigenvalue weighted by molar-refractivity contribution is 0.182. The van der Waals surface area contributed by atoms with Gasteiger partial charge in [0.1, 0.15) is 0 Å². The van der Waals surface area contributed by atoms with Crippen molar-refractivity contribution in [2.75, 3.05) is 42.6 Å². The van der Waals surface area contributed by atoms with Gasteiger partial charge in [0.05, 0.1) is 28.2 Å². The van der Waals surface area contributed by atoms with Crippen LogP contribution >= 0.6 is 0 Å². The predicted octanol–water partition coefficient (Wildman–Crippen LogP) is 1.64. The van der Waals surface area contributed by atoms with Crippen LogP contribution in [0.4, 0.5) is 5.82 Å². The molecule has 3 heterocycles. The van der Waals surface area contributed by atoms with Crippen LogP contribution in [0, 0.1) is 6.92 Å². The van der Waals surface area contributed by atoms with Crippen molar-refractivity contribution in [3.63, 3.8) is 0 Å². The molecule has 0 saturated carbocycles. The lowest BCUT2D eigenvalue weighted by atomic mass is 10.0. The predicted molar refractivity (Wildman–Crippen MR) is 99.7 cm³/mol. The molecule has 0 spiro atoms. The summed E-state index contributed by atoms with van der Waals surface area (Å²) in [6.45, 7) is 5.28. The molecule has 2 aliphatic heterocycles. The van der Waals surface area contributed by atoms with E-state index in [1.165, 1.54) is 0 Å². The number of fused-ring (bicyclic) bond motifs is 1. The van der Waals surface area contributed by atoms with E-state index in [4.69, 9.17) is 9.97 Å². The molecular formula is C18H24N4O2S. The van der Waals surface area contributed by atoms with Gasteiger partial charge in [-0.25, -0.2) is 18.4 Å². The molecule has 0 unspecified atom stereocenters. The molecule has 0 aliphatic carbocycles. The maximum Gasteiger partial charge on any atom is 0.152 e. The molecule has 0 bridgehead atoms. The summed E-state index contributed by atoms with van der Waals surface area (Å²) in [5, 5.41) is 0. The summed E-state index contributed by atoms with van der Waals surface area (Å²) in [5.74, 6) is 1.60. The van der Waals surface area contributed by atoms with Crippen molar-refractivity contribution in [1.29, 1.82) is 0 Å². The van der Waals surface area contributed by atoms with Gasteiger partial charge in [0.25, 0.3) is 0 Å². The molecule has 2 fully saturated rings. The Bertz CT molecular complexity index is 862. The van der Waals surface area contributed by atoms with E-state index in [9.17, 15) is 8.42 Å². The molecule has 2 saturated heterocycles. The Morgan fingerprint density at radius 3 is 2.20 bits per heavy atom. The monoisotopic (exact) mass is 360 g/mol. The molecule has 0 atom stereocenters. The number of nitrogens with zero attached hydrogens (tertiary/aromatic N) is 4. The van der Waals surface area contributed by atoms with Crippen LogP contribution in [0.2, 0.25) is 0 Å². The van der Waals surface area contributed by atoms with E-state index in [2.05, 4.69) is 9.80 Å². The van der Waals surface area contributed by atoms with Crippen LogP contribution in [-0.4, -0.2) is 67.0 Å². The second-order valence-electron chi connectivity index (χ2n) is 7.03. The molecule has 7 heteroatoms. The van der Waals surface area contributed by atoms with Crippen LogP contribution < -0.4 is 4.90 Å². The molecule has 0 N–H and O–H groups in total. The summed E-state index contributed by atoms with van der Waals surface area (Å²) >= 11 is 0. The van der Waals surface area contributed by atoms with Crippen LogP contribution in [0.15, 0.2) is 24.3 Å². The molecule has 0 amide bonds. The molecule has 2 aliphatic rings. The first kappa shape index (κ1) is 16.7. The molecule has 6 nitrogen and oxygen atoms in total. The third kappa shape index (κ3) is 3.48. The molecule has 1 aromatic carbocycles. The maximum atomic E-state index is 11.6. The largest absolute Gasteiger partial charge is 0.355 e. The molecular weight excluding hydrogens is 336 g/mol. The third-order valence-corrected chi connectivity index (χ3v) is 6.99. The van der Waals surface area contributed by atoms with E-state index < -0.39 is 9.84 Å². The quantitative estimate of drug-likeness (QED) is 0.811. The van der Waals surface area contributed by atoms with E-state index in [-0.39, 0.29) is 0 Å². The van der Waals surface area contributed by atoms with Crippen LogP contribution in [0.1, 0.15) is 18.5 Å². The van der Waals surface area contributed by atoms with Gasteiger partial charge in [-0.15, -0.1) is 0 Å². The Kier molecular flexibility index (Phi) is 4.37. The zero-order chi connectivity index (χ0) is 17.4. The minimum atomic E-state index is -2.80. The van der Waals surface area contributed by atoms with E-state index in [1.807, 2.05) is 31.2 Å². The molecule has 2 aromatic rings. The van der Waals surface area contributed by atoms with Crippen molar-refractivity contribution < 1.29 is 8.42 Å². The van der Waals surface area contributed by atoms with Gasteiger partial charge < -0.3 is 4.90 Å². The average molecular weight is 360 g/mol. The topological polar surface area (TPSA) is 66.4 Å². The highest BCUT2D eigenvalue weighted by Gasteiger charge is 2.30. The standard InChI is InChI=1S/C18H24N4O2S/c1-14-18(20-17-5-3-2-4-16(17)19-14)22-8-6-15(7-9-22)21-10-12-25(23,24)13-11-21/h2-5,15H,6-13H2,1H3. The van der Waals surface area contributed by atoms with Gasteiger partial charge in [0.15, 0.2) is 15.7 Å². The molecule has 1 aromatic heterocycles. The fourth-order valence-electron chi connectivity index (χ4n) is 3.91. The zero-order valence-corrected chi connectivity index (χ0v) is 15.4. The highest BCUT2D eigenvalue weighted by atomic mass is 32.2. The number of sulfone groups is 1. The van der Waals surface area contributed by atoms with Crippen molar-refractivity contribution in [2.24, 2.45) is 0 Å². The Labute approximate surface area is 148 Å². The number of hydrogen-bond donors (Lipinski definition) is 0. The van der Waals surface area contributed by atoms with Crippen molar-refractivity contribution >= 4 is 26.7 Å². The summed E-state index contributed by atoms with van der Waals surface area (Å²) in [6, 6.07) is 8.47. The molecule has 25 heavy (non-hydrogen) atoms. The molecule has 4 rings (SSSR count). The molecule has 0 radical (unpaired) electrons. The van der Waals surface area contributed by atoms with Crippen molar-refractivity contribution in [2.45, 2.75) is 25.8 Å². The summed E-state index contributed by atoms with van der Waals surface area (Å²) in [7, 11) is -2.80. The van der Waals surface area contributed by atoms with Gasteiger partial charge >= 0.3 is 0 Å². The highest BCUT2D eigenvalue weighted by molar-refractivity contribution is 7.91. The summed E-state index contributed by atoms with van der Waals surface area (Å²) in [5.41, 5.74) is 2.85. The fourth-order valence-corrected chi connectivity index (χ4v) is 5.14. The van der Waals surface area contributed by atoms with Crippen LogP contribution in [0.5, 0.6) is 0 Å². The van der Waals surface area contributed by atoms with E-state index in [1.54, 1.807) is 0 Å². The Morgan fingerprint density at radius 2 is 1.56 bits per heavy atom. The normalized spacial score (nSPS) is 22.4. The number of benzene rings is 1. The maximum absolute atomic E-state index is 11.6. The van der Waals surface area contributed by atoms with Gasteiger partial charge in [0.2, 0.25) is 0 Å². The number of hydrogen-bond acceptors (Lipinski definition) is 6. The van der Waals surface area contributed by atoms with Crippen LogP contribution in [0.25, 0.3) is 11.0 Å². The van der Waals surface area contributed by atoms with E-state index >= 15 is 0 Å². The van der Waals surface area contributed by atoms with Crippen molar-refractivity contribution in [3.8, 4) is 0 Å². The van der Waals surface area contributed by atoms with Crippen molar-refractivity contribution in [1.82, 2.24) is 14.9 Å². The van der Waals surface area contributed by atoms with Crippen LogP contribution in [0.3, 0.4) is 0 Å². The SMILES string of the molecule is Cc1nc2ccccc2nc1N1CCC(N2CCS(=O)(=O)CC2)CC1. The summed E-state index contributed by atoms with van der Waals surface area (Å²) in [6.07, 6.45) is 2.10. The minimum Gasteiger partial charge on any atom is -0.355 e.